The molecule has 1 aromatic carbocycles. The molecular formula is C17H22N6O3. The number of benzene rings is 1. The molecule has 0 bridgehead atoms. The fourth-order valence-electron chi connectivity index (χ4n) is 3.16. The largest absolute Gasteiger partial charge is 0.383 e. The lowest BCUT2D eigenvalue weighted by molar-refractivity contribution is -0.384. The van der Waals surface area contributed by atoms with E-state index in [0.29, 0.717) is 19.6 Å². The molecule has 138 valence electrons. The topological polar surface area (TPSA) is 114 Å². The fourth-order valence-corrected chi connectivity index (χ4v) is 3.16. The Bertz CT molecular complexity index is 773. The van der Waals surface area contributed by atoms with Crippen LogP contribution in [0.25, 0.3) is 0 Å². The average Bonchev–Trinajstić information content (AvgIpc) is 3.27. The Morgan fingerprint density at radius 2 is 2.12 bits per heavy atom. The van der Waals surface area contributed by atoms with Gasteiger partial charge < -0.3 is 16.0 Å². The lowest BCUT2D eigenvalue weighted by Crippen LogP contribution is -2.36. The molecule has 0 saturated carbocycles. The van der Waals surface area contributed by atoms with E-state index < -0.39 is 4.92 Å². The SMILES string of the molecule is Cn1cc([C@H]2CNC[C@@H]2C(=O)NCCNc2ccc([N+](=O)[O-])cc2)cn1. The maximum atomic E-state index is 12.5. The van der Waals surface area contributed by atoms with Crippen molar-refractivity contribution >= 4 is 17.3 Å². The summed E-state index contributed by atoms with van der Waals surface area (Å²) in [7, 11) is 1.87. The molecule has 1 saturated heterocycles. The first-order valence-corrected chi connectivity index (χ1v) is 8.50. The summed E-state index contributed by atoms with van der Waals surface area (Å²) in [6, 6.07) is 6.20. The number of hydrogen-bond acceptors (Lipinski definition) is 6. The summed E-state index contributed by atoms with van der Waals surface area (Å²) in [5.41, 5.74) is 1.90. The van der Waals surface area contributed by atoms with Crippen LogP contribution in [0.2, 0.25) is 0 Å². The van der Waals surface area contributed by atoms with E-state index in [0.717, 1.165) is 17.8 Å². The monoisotopic (exact) mass is 358 g/mol. The van der Waals surface area contributed by atoms with Crippen LogP contribution in [0.3, 0.4) is 0 Å². The maximum absolute atomic E-state index is 12.5. The Hall–Kier alpha value is -2.94. The van der Waals surface area contributed by atoms with Crippen molar-refractivity contribution in [2.45, 2.75) is 5.92 Å². The Morgan fingerprint density at radius 1 is 1.35 bits per heavy atom. The summed E-state index contributed by atoms with van der Waals surface area (Å²) < 4.78 is 1.75. The molecular weight excluding hydrogens is 336 g/mol. The number of rotatable bonds is 7. The molecule has 1 aliphatic heterocycles. The molecule has 0 spiro atoms. The molecule has 2 atom stereocenters. The number of nitrogens with zero attached hydrogens (tertiary/aromatic N) is 3. The van der Waals surface area contributed by atoms with E-state index in [9.17, 15) is 14.9 Å². The number of non-ortho nitro benzene ring substituents is 1. The molecule has 0 unspecified atom stereocenters. The number of hydrogen-bond donors (Lipinski definition) is 3. The zero-order valence-corrected chi connectivity index (χ0v) is 14.5. The Labute approximate surface area is 150 Å². The van der Waals surface area contributed by atoms with Crippen molar-refractivity contribution in [2.75, 3.05) is 31.5 Å². The molecule has 0 radical (unpaired) electrons. The second kappa shape index (κ2) is 7.96. The number of carbonyl (C=O) groups excluding carboxylic acids is 1. The first-order valence-electron chi connectivity index (χ1n) is 8.50. The van der Waals surface area contributed by atoms with Gasteiger partial charge in [-0.2, -0.15) is 5.10 Å². The van der Waals surface area contributed by atoms with Gasteiger partial charge in [0.15, 0.2) is 0 Å². The molecule has 1 aliphatic rings. The number of aromatic nitrogens is 2. The van der Waals surface area contributed by atoms with Gasteiger partial charge in [0.1, 0.15) is 0 Å². The quantitative estimate of drug-likeness (QED) is 0.384. The maximum Gasteiger partial charge on any atom is 0.269 e. The molecule has 9 heteroatoms. The third kappa shape index (κ3) is 4.17. The summed E-state index contributed by atoms with van der Waals surface area (Å²) in [6.45, 7) is 2.44. The van der Waals surface area contributed by atoms with Gasteiger partial charge in [-0.25, -0.2) is 0 Å². The van der Waals surface area contributed by atoms with E-state index in [2.05, 4.69) is 21.0 Å². The predicted octanol–water partition coefficient (Wildman–Crippen LogP) is 0.860. The predicted molar refractivity (Wildman–Crippen MR) is 96.9 cm³/mol. The van der Waals surface area contributed by atoms with Gasteiger partial charge >= 0.3 is 0 Å². The van der Waals surface area contributed by atoms with Crippen LogP contribution in [0.15, 0.2) is 36.7 Å². The van der Waals surface area contributed by atoms with Crippen LogP contribution in [-0.2, 0) is 11.8 Å². The third-order valence-electron chi connectivity index (χ3n) is 4.54. The first kappa shape index (κ1) is 17.9. The van der Waals surface area contributed by atoms with Crippen molar-refractivity contribution in [3.63, 3.8) is 0 Å². The van der Waals surface area contributed by atoms with Crippen LogP contribution in [0.5, 0.6) is 0 Å². The minimum atomic E-state index is -0.432. The summed E-state index contributed by atoms with van der Waals surface area (Å²) in [5, 5.41) is 24.2. The zero-order chi connectivity index (χ0) is 18.5. The van der Waals surface area contributed by atoms with Crippen molar-refractivity contribution in [3.8, 4) is 0 Å². The number of nitrogens with one attached hydrogen (secondary N) is 3. The van der Waals surface area contributed by atoms with Crippen molar-refractivity contribution in [1.82, 2.24) is 20.4 Å². The molecule has 1 aromatic heterocycles. The number of amides is 1. The number of nitro benzene ring substituents is 1. The lowest BCUT2D eigenvalue weighted by Gasteiger charge is -2.17. The van der Waals surface area contributed by atoms with Crippen molar-refractivity contribution in [3.05, 3.63) is 52.3 Å². The molecule has 0 aliphatic carbocycles. The fraction of sp³-hybridized carbons (Fsp3) is 0.412. The minimum absolute atomic E-state index is 0.0225. The second-order valence-electron chi connectivity index (χ2n) is 6.34. The zero-order valence-electron chi connectivity index (χ0n) is 14.5. The highest BCUT2D eigenvalue weighted by Crippen LogP contribution is 2.27. The Kier molecular flexibility index (Phi) is 5.47. The second-order valence-corrected chi connectivity index (χ2v) is 6.34. The highest BCUT2D eigenvalue weighted by atomic mass is 16.6. The standard InChI is InChI=1S/C17H22N6O3/c1-22-11-12(8-21-22)15-9-18-10-16(15)17(24)20-7-6-19-13-2-4-14(5-3-13)23(25)26/h2-5,8,11,15-16,18-19H,6-7,9-10H2,1H3,(H,20,24)/t15-,16+/m1/s1. The van der Waals surface area contributed by atoms with Crippen molar-refractivity contribution in [2.24, 2.45) is 13.0 Å². The Balaban J connectivity index is 1.45. The van der Waals surface area contributed by atoms with Crippen molar-refractivity contribution < 1.29 is 9.72 Å². The first-order chi connectivity index (χ1) is 12.5. The average molecular weight is 358 g/mol. The van der Waals surface area contributed by atoms with Crippen LogP contribution in [0, 0.1) is 16.0 Å². The minimum Gasteiger partial charge on any atom is -0.383 e. The van der Waals surface area contributed by atoms with E-state index in [-0.39, 0.29) is 23.4 Å². The third-order valence-corrected chi connectivity index (χ3v) is 4.54. The van der Waals surface area contributed by atoms with E-state index in [1.807, 2.05) is 19.4 Å². The number of aryl methyl sites for hydroxylation is 1. The van der Waals surface area contributed by atoms with Gasteiger partial charge in [0.2, 0.25) is 5.91 Å². The number of anilines is 1. The summed E-state index contributed by atoms with van der Waals surface area (Å²) in [6.07, 6.45) is 3.77. The molecule has 2 aromatic rings. The van der Waals surface area contributed by atoms with Gasteiger partial charge in [0.05, 0.1) is 17.0 Å². The molecule has 3 N–H and O–H groups in total. The van der Waals surface area contributed by atoms with Gasteiger partial charge in [-0.15, -0.1) is 0 Å². The highest BCUT2D eigenvalue weighted by Gasteiger charge is 2.34. The summed E-state index contributed by atoms with van der Waals surface area (Å²) in [4.78, 5) is 22.7. The molecule has 9 nitrogen and oxygen atoms in total. The molecule has 26 heavy (non-hydrogen) atoms. The van der Waals surface area contributed by atoms with E-state index in [1.54, 1.807) is 16.8 Å². The van der Waals surface area contributed by atoms with Crippen LogP contribution in [0.4, 0.5) is 11.4 Å². The Morgan fingerprint density at radius 3 is 2.77 bits per heavy atom. The summed E-state index contributed by atoms with van der Waals surface area (Å²) in [5.74, 6) is 0.0410. The van der Waals surface area contributed by atoms with Gasteiger partial charge in [-0.3, -0.25) is 19.6 Å². The summed E-state index contributed by atoms with van der Waals surface area (Å²) >= 11 is 0. The molecule has 1 amide bonds. The lowest BCUT2D eigenvalue weighted by atomic mass is 9.90. The molecule has 1 fully saturated rings. The van der Waals surface area contributed by atoms with E-state index >= 15 is 0 Å². The van der Waals surface area contributed by atoms with Gasteiger partial charge in [-0.05, 0) is 17.7 Å². The normalized spacial score (nSPS) is 19.3. The van der Waals surface area contributed by atoms with Gasteiger partial charge in [0.25, 0.3) is 5.69 Å². The van der Waals surface area contributed by atoms with Crippen LogP contribution in [-0.4, -0.2) is 46.8 Å². The van der Waals surface area contributed by atoms with E-state index in [4.69, 9.17) is 0 Å². The smallest absolute Gasteiger partial charge is 0.269 e. The van der Waals surface area contributed by atoms with Crippen LogP contribution >= 0.6 is 0 Å². The van der Waals surface area contributed by atoms with Crippen LogP contribution in [0.1, 0.15) is 11.5 Å². The molecule has 2 heterocycles. The molecule has 3 rings (SSSR count). The van der Waals surface area contributed by atoms with Gasteiger partial charge in [0, 0.05) is 63.2 Å². The van der Waals surface area contributed by atoms with Gasteiger partial charge in [-0.1, -0.05) is 0 Å². The highest BCUT2D eigenvalue weighted by molar-refractivity contribution is 5.80. The van der Waals surface area contributed by atoms with Crippen molar-refractivity contribution in [1.29, 1.82) is 0 Å². The van der Waals surface area contributed by atoms with E-state index in [1.165, 1.54) is 12.1 Å². The number of nitro groups is 1. The van der Waals surface area contributed by atoms with Crippen LogP contribution < -0.4 is 16.0 Å². The number of carbonyl (C=O) groups is 1.